The van der Waals surface area contributed by atoms with Gasteiger partial charge < -0.3 is 10.1 Å². The first-order chi connectivity index (χ1) is 15.2. The third kappa shape index (κ3) is 4.55. The molecule has 2 aromatic heterocycles. The van der Waals surface area contributed by atoms with Gasteiger partial charge in [0.25, 0.3) is 0 Å². The molecule has 2 aromatic carbocycles. The number of ether oxygens (including phenoxy) is 1. The van der Waals surface area contributed by atoms with Gasteiger partial charge in [0.15, 0.2) is 5.13 Å². The molecule has 1 fully saturated rings. The number of thiazole rings is 1. The number of carbonyl (C=O) groups is 1. The smallest absolute Gasteiger partial charge is 0.236 e. The number of nitrogens with zero attached hydrogens (tertiary/aromatic N) is 3. The number of anilines is 1. The molecule has 1 aliphatic rings. The largest absolute Gasteiger partial charge is 0.497 e. The highest BCUT2D eigenvalue weighted by Crippen LogP contribution is 2.39. The minimum atomic E-state index is -0.101. The monoisotopic (exact) mass is 448 g/mol. The van der Waals surface area contributed by atoms with E-state index in [4.69, 9.17) is 14.7 Å². The summed E-state index contributed by atoms with van der Waals surface area (Å²) < 4.78 is 5.19. The molecule has 0 aliphatic heterocycles. The van der Waals surface area contributed by atoms with Crippen molar-refractivity contribution in [3.8, 4) is 17.0 Å². The van der Waals surface area contributed by atoms with Crippen LogP contribution in [-0.2, 0) is 4.79 Å². The number of benzene rings is 2. The van der Waals surface area contributed by atoms with Crippen molar-refractivity contribution in [1.29, 1.82) is 0 Å². The van der Waals surface area contributed by atoms with E-state index in [0.29, 0.717) is 11.0 Å². The molecule has 2 heterocycles. The van der Waals surface area contributed by atoms with E-state index in [2.05, 4.69) is 10.3 Å². The van der Waals surface area contributed by atoms with Crippen LogP contribution in [-0.4, -0.2) is 33.7 Å². The van der Waals surface area contributed by atoms with Gasteiger partial charge in [-0.05, 0) is 43.2 Å². The fourth-order valence-electron chi connectivity index (χ4n) is 3.21. The Morgan fingerprint density at radius 3 is 2.71 bits per heavy atom. The van der Waals surface area contributed by atoms with Crippen LogP contribution in [0, 0.1) is 0 Å². The number of nitrogens with one attached hydrogen (secondary N) is 1. The van der Waals surface area contributed by atoms with Crippen LogP contribution < -0.4 is 10.1 Å². The summed E-state index contributed by atoms with van der Waals surface area (Å²) in [5.74, 6) is 2.32. The Labute approximate surface area is 188 Å². The van der Waals surface area contributed by atoms with E-state index in [1.807, 2.05) is 53.9 Å². The summed E-state index contributed by atoms with van der Waals surface area (Å²) in [6, 6.07) is 15.7. The molecule has 4 aromatic rings. The normalized spacial score (nSPS) is 13.3. The van der Waals surface area contributed by atoms with Gasteiger partial charge in [-0.3, -0.25) is 4.79 Å². The molecule has 0 radical (unpaired) electrons. The van der Waals surface area contributed by atoms with E-state index < -0.39 is 0 Å². The maximum atomic E-state index is 12.6. The number of fused-ring (bicyclic) bond motifs is 1. The molecular formula is C23H20N4O2S2. The van der Waals surface area contributed by atoms with Crippen LogP contribution in [0.2, 0.25) is 0 Å². The lowest BCUT2D eigenvalue weighted by molar-refractivity contribution is -0.113. The van der Waals surface area contributed by atoms with Crippen molar-refractivity contribution in [3.05, 3.63) is 59.7 Å². The number of carbonyl (C=O) groups excluding carboxylic acids is 1. The van der Waals surface area contributed by atoms with Crippen molar-refractivity contribution in [3.63, 3.8) is 0 Å². The van der Waals surface area contributed by atoms with Gasteiger partial charge in [0.05, 0.1) is 24.1 Å². The predicted molar refractivity (Wildman–Crippen MR) is 125 cm³/mol. The molecule has 1 N–H and O–H groups in total. The molecule has 0 saturated heterocycles. The Kier molecular flexibility index (Phi) is 5.57. The lowest BCUT2D eigenvalue weighted by Crippen LogP contribution is -2.14. The van der Waals surface area contributed by atoms with Crippen molar-refractivity contribution in [2.45, 2.75) is 23.8 Å². The summed E-state index contributed by atoms with van der Waals surface area (Å²) in [5.41, 5.74) is 2.74. The second-order valence-corrected chi connectivity index (χ2v) is 9.10. The van der Waals surface area contributed by atoms with Crippen LogP contribution in [0.4, 0.5) is 5.13 Å². The van der Waals surface area contributed by atoms with Gasteiger partial charge in [-0.1, -0.05) is 30.0 Å². The number of methoxy groups -OCH3 is 1. The lowest BCUT2D eigenvalue weighted by atomic mass is 10.2. The Bertz CT molecular complexity index is 1240. The summed E-state index contributed by atoms with van der Waals surface area (Å²) >= 11 is 2.86. The Morgan fingerprint density at radius 1 is 1.13 bits per heavy atom. The van der Waals surface area contributed by atoms with E-state index in [1.165, 1.54) is 23.1 Å². The molecule has 0 spiro atoms. The van der Waals surface area contributed by atoms with Crippen molar-refractivity contribution in [1.82, 2.24) is 15.0 Å². The molecule has 31 heavy (non-hydrogen) atoms. The highest BCUT2D eigenvalue weighted by molar-refractivity contribution is 8.00. The summed E-state index contributed by atoms with van der Waals surface area (Å²) in [7, 11) is 1.64. The molecule has 6 nitrogen and oxygen atoms in total. The van der Waals surface area contributed by atoms with Crippen LogP contribution >= 0.6 is 23.1 Å². The van der Waals surface area contributed by atoms with Gasteiger partial charge in [0.1, 0.15) is 16.6 Å². The van der Waals surface area contributed by atoms with E-state index in [1.54, 1.807) is 7.11 Å². The first kappa shape index (κ1) is 20.0. The molecule has 0 bridgehead atoms. The van der Waals surface area contributed by atoms with Crippen LogP contribution in [0.5, 0.6) is 5.75 Å². The van der Waals surface area contributed by atoms with Gasteiger partial charge in [0, 0.05) is 22.2 Å². The first-order valence-corrected chi connectivity index (χ1v) is 11.9. The third-order valence-corrected chi connectivity index (χ3v) is 6.75. The summed E-state index contributed by atoms with van der Waals surface area (Å²) in [6.45, 7) is 0. The van der Waals surface area contributed by atoms with E-state index in [9.17, 15) is 4.79 Å². The Morgan fingerprint density at radius 2 is 1.94 bits per heavy atom. The molecule has 1 amide bonds. The second-order valence-electron chi connectivity index (χ2n) is 7.28. The van der Waals surface area contributed by atoms with Crippen molar-refractivity contribution < 1.29 is 9.53 Å². The SMILES string of the molecule is COc1ccc(-c2csc(NC(=O)CSc3nc(C4CC4)nc4ccccc34)n2)cc1. The number of rotatable bonds is 7. The molecule has 8 heteroatoms. The number of hydrogen-bond donors (Lipinski definition) is 1. The average molecular weight is 449 g/mol. The van der Waals surface area contributed by atoms with Crippen LogP contribution in [0.3, 0.4) is 0 Å². The van der Waals surface area contributed by atoms with E-state index in [-0.39, 0.29) is 11.7 Å². The quantitative estimate of drug-likeness (QED) is 0.303. The van der Waals surface area contributed by atoms with Gasteiger partial charge >= 0.3 is 0 Å². The zero-order valence-electron chi connectivity index (χ0n) is 16.9. The van der Waals surface area contributed by atoms with Crippen LogP contribution in [0.1, 0.15) is 24.6 Å². The number of para-hydroxylation sites is 1. The summed E-state index contributed by atoms with van der Waals surface area (Å²) in [5, 5.41) is 7.27. The van der Waals surface area contributed by atoms with Crippen LogP contribution in [0.25, 0.3) is 22.2 Å². The minimum absolute atomic E-state index is 0.101. The zero-order valence-corrected chi connectivity index (χ0v) is 18.5. The van der Waals surface area contributed by atoms with E-state index in [0.717, 1.165) is 51.6 Å². The fraction of sp³-hybridized carbons (Fsp3) is 0.217. The van der Waals surface area contributed by atoms with Gasteiger partial charge in [-0.2, -0.15) is 0 Å². The molecule has 0 atom stereocenters. The molecule has 0 unspecified atom stereocenters. The molecular weight excluding hydrogens is 428 g/mol. The van der Waals surface area contributed by atoms with Crippen molar-refractivity contribution >= 4 is 45.0 Å². The van der Waals surface area contributed by atoms with Gasteiger partial charge in [-0.25, -0.2) is 15.0 Å². The third-order valence-electron chi connectivity index (χ3n) is 5.00. The van der Waals surface area contributed by atoms with Crippen LogP contribution in [0.15, 0.2) is 58.9 Å². The maximum Gasteiger partial charge on any atom is 0.236 e. The number of thioether (sulfide) groups is 1. The summed E-state index contributed by atoms with van der Waals surface area (Å²) in [4.78, 5) is 26.5. The number of amides is 1. The Hall–Kier alpha value is -2.97. The first-order valence-electron chi connectivity index (χ1n) is 9.99. The van der Waals surface area contributed by atoms with Gasteiger partial charge in [0.2, 0.25) is 5.91 Å². The van der Waals surface area contributed by atoms with Crippen molar-refractivity contribution in [2.75, 3.05) is 18.2 Å². The lowest BCUT2D eigenvalue weighted by Gasteiger charge is -2.08. The fourth-order valence-corrected chi connectivity index (χ4v) is 4.78. The second kappa shape index (κ2) is 8.64. The van der Waals surface area contributed by atoms with Gasteiger partial charge in [-0.15, -0.1) is 11.3 Å². The number of hydrogen-bond acceptors (Lipinski definition) is 7. The zero-order chi connectivity index (χ0) is 21.2. The molecule has 1 aliphatic carbocycles. The van der Waals surface area contributed by atoms with Crippen molar-refractivity contribution in [2.24, 2.45) is 0 Å². The maximum absolute atomic E-state index is 12.6. The van der Waals surface area contributed by atoms with E-state index >= 15 is 0 Å². The predicted octanol–water partition coefficient (Wildman–Crippen LogP) is 5.37. The molecule has 5 rings (SSSR count). The average Bonchev–Trinajstić information content (AvgIpc) is 3.56. The highest BCUT2D eigenvalue weighted by atomic mass is 32.2. The Balaban J connectivity index is 1.26. The molecule has 156 valence electrons. The standard InChI is InChI=1S/C23H20N4O2S2/c1-29-16-10-8-14(9-11-16)19-12-31-23(25-19)26-20(28)13-30-22-17-4-2-3-5-18(17)24-21(27-22)15-6-7-15/h2-5,8-12,15H,6-7,13H2,1H3,(H,25,26,28). The minimum Gasteiger partial charge on any atom is -0.497 e. The summed E-state index contributed by atoms with van der Waals surface area (Å²) in [6.07, 6.45) is 2.28. The number of aromatic nitrogens is 3. The highest BCUT2D eigenvalue weighted by Gasteiger charge is 2.27. The topological polar surface area (TPSA) is 77.0 Å². The molecule has 1 saturated carbocycles.